The van der Waals surface area contributed by atoms with Gasteiger partial charge in [0.2, 0.25) is 0 Å². The Morgan fingerprint density at radius 2 is 2.31 bits per heavy atom. The summed E-state index contributed by atoms with van der Waals surface area (Å²) < 4.78 is 0. The molecule has 1 aromatic heterocycles. The molecule has 1 atom stereocenters. The highest BCUT2D eigenvalue weighted by Gasteiger charge is 2.21. The van der Waals surface area contributed by atoms with Gasteiger partial charge in [0.15, 0.2) is 5.82 Å². The lowest BCUT2D eigenvalue weighted by atomic mass is 10.1. The Morgan fingerprint density at radius 3 is 3.06 bits per heavy atom. The monoisotopic (exact) mass is 239 g/mol. The van der Waals surface area contributed by atoms with E-state index in [2.05, 4.69) is 21.2 Å². The third-order valence-corrected chi connectivity index (χ3v) is 3.48. The Kier molecular flexibility index (Phi) is 3.99. The van der Waals surface area contributed by atoms with Crippen LogP contribution < -0.4 is 4.90 Å². The van der Waals surface area contributed by atoms with E-state index >= 15 is 0 Å². The lowest BCUT2D eigenvalue weighted by molar-refractivity contribution is 0.613. The highest BCUT2D eigenvalue weighted by molar-refractivity contribution is 6.18. The molecule has 1 aliphatic heterocycles. The van der Waals surface area contributed by atoms with E-state index in [9.17, 15) is 0 Å². The number of rotatable bonds is 2. The molecule has 1 saturated heterocycles. The lowest BCUT2D eigenvalue weighted by Crippen LogP contribution is -2.37. The first-order chi connectivity index (χ1) is 7.81. The average molecular weight is 240 g/mol. The number of halogens is 1. The van der Waals surface area contributed by atoms with E-state index in [-0.39, 0.29) is 0 Å². The van der Waals surface area contributed by atoms with Crippen molar-refractivity contribution in [2.75, 3.05) is 17.3 Å². The second-order valence-electron chi connectivity index (χ2n) is 4.44. The topological polar surface area (TPSA) is 29.0 Å². The number of nitrogens with zero attached hydrogens (tertiary/aromatic N) is 3. The molecule has 0 radical (unpaired) electrons. The molecule has 1 aliphatic rings. The Balaban J connectivity index is 2.21. The number of aromatic nitrogens is 2. The van der Waals surface area contributed by atoms with Gasteiger partial charge >= 0.3 is 0 Å². The second kappa shape index (κ2) is 5.48. The van der Waals surface area contributed by atoms with Crippen LogP contribution >= 0.6 is 11.6 Å². The quantitative estimate of drug-likeness (QED) is 0.744. The van der Waals surface area contributed by atoms with Crippen molar-refractivity contribution in [1.82, 2.24) is 10.2 Å². The Hall–Kier alpha value is -0.830. The molecule has 0 saturated carbocycles. The minimum Gasteiger partial charge on any atom is -0.351 e. The van der Waals surface area contributed by atoms with Gasteiger partial charge in [0.1, 0.15) is 0 Å². The molecule has 16 heavy (non-hydrogen) atoms. The number of aryl methyl sites for hydroxylation is 1. The van der Waals surface area contributed by atoms with Crippen LogP contribution in [-0.4, -0.2) is 28.7 Å². The van der Waals surface area contributed by atoms with Gasteiger partial charge in [-0.2, -0.15) is 5.10 Å². The molecular formula is C12H18ClN3. The van der Waals surface area contributed by atoms with E-state index in [1.807, 2.05) is 6.92 Å². The van der Waals surface area contributed by atoms with E-state index in [1.165, 1.54) is 25.7 Å². The van der Waals surface area contributed by atoms with E-state index in [4.69, 9.17) is 11.6 Å². The SMILES string of the molecule is Cc1cnnc(N2CCCCCC2CCl)c1. The van der Waals surface area contributed by atoms with Gasteiger partial charge in [-0.3, -0.25) is 0 Å². The fraction of sp³-hybridized carbons (Fsp3) is 0.667. The molecule has 4 heteroatoms. The molecule has 88 valence electrons. The van der Waals surface area contributed by atoms with E-state index in [0.717, 1.165) is 17.9 Å². The van der Waals surface area contributed by atoms with Crippen LogP contribution in [0.3, 0.4) is 0 Å². The van der Waals surface area contributed by atoms with Crippen LogP contribution in [0.5, 0.6) is 0 Å². The summed E-state index contributed by atoms with van der Waals surface area (Å²) >= 11 is 6.05. The van der Waals surface area contributed by atoms with Crippen LogP contribution in [0.1, 0.15) is 31.2 Å². The van der Waals surface area contributed by atoms with Crippen molar-refractivity contribution in [3.63, 3.8) is 0 Å². The van der Waals surface area contributed by atoms with E-state index in [0.29, 0.717) is 11.9 Å². The average Bonchev–Trinajstić information content (AvgIpc) is 2.53. The second-order valence-corrected chi connectivity index (χ2v) is 4.75. The van der Waals surface area contributed by atoms with Crippen molar-refractivity contribution in [2.45, 2.75) is 38.6 Å². The van der Waals surface area contributed by atoms with Gasteiger partial charge in [-0.15, -0.1) is 16.7 Å². The molecule has 0 spiro atoms. The van der Waals surface area contributed by atoms with Crippen LogP contribution in [0.2, 0.25) is 0 Å². The predicted molar refractivity (Wildman–Crippen MR) is 67.1 cm³/mol. The summed E-state index contributed by atoms with van der Waals surface area (Å²) in [7, 11) is 0. The molecule has 0 amide bonds. The summed E-state index contributed by atoms with van der Waals surface area (Å²) in [6, 6.07) is 2.51. The molecule has 2 heterocycles. The minimum absolute atomic E-state index is 0.417. The predicted octanol–water partition coefficient (Wildman–Crippen LogP) is 2.77. The zero-order valence-corrected chi connectivity index (χ0v) is 10.5. The Morgan fingerprint density at radius 1 is 1.44 bits per heavy atom. The molecule has 2 rings (SSSR count). The van der Waals surface area contributed by atoms with Gasteiger partial charge in [0.05, 0.1) is 6.20 Å². The molecule has 0 aromatic carbocycles. The molecular weight excluding hydrogens is 222 g/mol. The van der Waals surface area contributed by atoms with Crippen LogP contribution in [0, 0.1) is 6.92 Å². The van der Waals surface area contributed by atoms with Gasteiger partial charge in [0, 0.05) is 18.5 Å². The summed E-state index contributed by atoms with van der Waals surface area (Å²) in [5.41, 5.74) is 1.16. The van der Waals surface area contributed by atoms with Gasteiger partial charge in [-0.25, -0.2) is 0 Å². The molecule has 1 aromatic rings. The van der Waals surface area contributed by atoms with Crippen LogP contribution in [0.25, 0.3) is 0 Å². The van der Waals surface area contributed by atoms with Crippen LogP contribution in [0.4, 0.5) is 5.82 Å². The molecule has 0 aliphatic carbocycles. The smallest absolute Gasteiger partial charge is 0.151 e. The van der Waals surface area contributed by atoms with Gasteiger partial charge in [-0.1, -0.05) is 12.8 Å². The van der Waals surface area contributed by atoms with E-state index < -0.39 is 0 Å². The van der Waals surface area contributed by atoms with E-state index in [1.54, 1.807) is 6.20 Å². The Labute approximate surface area is 102 Å². The number of anilines is 1. The van der Waals surface area contributed by atoms with Crippen LogP contribution in [-0.2, 0) is 0 Å². The number of hydrogen-bond acceptors (Lipinski definition) is 3. The molecule has 0 bridgehead atoms. The van der Waals surface area contributed by atoms with Gasteiger partial charge < -0.3 is 4.90 Å². The Bertz CT molecular complexity index is 343. The maximum atomic E-state index is 6.05. The van der Waals surface area contributed by atoms with Gasteiger partial charge in [0.25, 0.3) is 0 Å². The van der Waals surface area contributed by atoms with Crippen molar-refractivity contribution in [1.29, 1.82) is 0 Å². The molecule has 0 N–H and O–H groups in total. The van der Waals surface area contributed by atoms with Crippen molar-refractivity contribution >= 4 is 17.4 Å². The maximum absolute atomic E-state index is 6.05. The number of alkyl halides is 1. The highest BCUT2D eigenvalue weighted by Crippen LogP contribution is 2.23. The lowest BCUT2D eigenvalue weighted by Gasteiger charge is -2.29. The fourth-order valence-electron chi connectivity index (χ4n) is 2.23. The third kappa shape index (κ3) is 2.64. The summed E-state index contributed by atoms with van der Waals surface area (Å²) in [6.45, 7) is 3.10. The van der Waals surface area contributed by atoms with Gasteiger partial charge in [-0.05, 0) is 31.4 Å². The third-order valence-electron chi connectivity index (χ3n) is 3.13. The largest absolute Gasteiger partial charge is 0.351 e. The molecule has 1 unspecified atom stereocenters. The summed E-state index contributed by atoms with van der Waals surface area (Å²) in [4.78, 5) is 2.32. The fourth-order valence-corrected chi connectivity index (χ4v) is 2.55. The maximum Gasteiger partial charge on any atom is 0.151 e. The first kappa shape index (κ1) is 11.6. The van der Waals surface area contributed by atoms with Crippen molar-refractivity contribution in [2.24, 2.45) is 0 Å². The number of hydrogen-bond donors (Lipinski definition) is 0. The normalized spacial score (nSPS) is 21.9. The van der Waals surface area contributed by atoms with Crippen molar-refractivity contribution in [3.05, 3.63) is 17.8 Å². The van der Waals surface area contributed by atoms with Crippen molar-refractivity contribution in [3.8, 4) is 0 Å². The first-order valence-electron chi connectivity index (χ1n) is 5.93. The minimum atomic E-state index is 0.417. The molecule has 3 nitrogen and oxygen atoms in total. The summed E-state index contributed by atoms with van der Waals surface area (Å²) in [5.74, 6) is 1.66. The van der Waals surface area contributed by atoms with Crippen LogP contribution in [0.15, 0.2) is 12.3 Å². The zero-order valence-electron chi connectivity index (χ0n) is 9.69. The summed E-state index contributed by atoms with van der Waals surface area (Å²) in [5, 5.41) is 8.24. The zero-order chi connectivity index (χ0) is 11.4. The highest BCUT2D eigenvalue weighted by atomic mass is 35.5. The first-order valence-corrected chi connectivity index (χ1v) is 6.46. The summed E-state index contributed by atoms with van der Waals surface area (Å²) in [6.07, 6.45) is 6.75. The standard InChI is InChI=1S/C12H18ClN3/c1-10-7-12(15-14-9-10)16-6-4-2-3-5-11(16)8-13/h7,9,11H,2-6,8H2,1H3. The van der Waals surface area contributed by atoms with Crippen molar-refractivity contribution < 1.29 is 0 Å². The molecule has 1 fully saturated rings.